The van der Waals surface area contributed by atoms with Crippen molar-refractivity contribution < 1.29 is 18.7 Å². The molecule has 4 aromatic rings. The van der Waals surface area contributed by atoms with Crippen LogP contribution in [0.3, 0.4) is 0 Å². The Hall–Kier alpha value is -3.77. The number of nitrogens with one attached hydrogen (secondary N) is 1. The van der Waals surface area contributed by atoms with Crippen LogP contribution in [-0.2, 0) is 11.2 Å². The van der Waals surface area contributed by atoms with Crippen molar-refractivity contribution >= 4 is 34.2 Å². The molecule has 0 fully saturated rings. The molecule has 0 aliphatic rings. The van der Waals surface area contributed by atoms with Crippen LogP contribution in [0.5, 0.6) is 11.5 Å². The standard InChI is InChI=1S/C25H20ClNO5/c1-30-22-9-5-16(12-24(22)31-2)23-14-20(28)19-13-18(8-10-21(19)32-23)27-25(29)11-15-3-6-17(26)7-4-15/h3-10,12-14H,11H2,1-2H3,(H,27,29). The van der Waals surface area contributed by atoms with Gasteiger partial charge in [-0.25, -0.2) is 0 Å². The van der Waals surface area contributed by atoms with Crippen LogP contribution in [0.25, 0.3) is 22.3 Å². The van der Waals surface area contributed by atoms with Crippen LogP contribution in [0, 0.1) is 0 Å². The number of fused-ring (bicyclic) bond motifs is 1. The fourth-order valence-corrected chi connectivity index (χ4v) is 3.48. The molecule has 1 heterocycles. The van der Waals surface area contributed by atoms with Crippen molar-refractivity contribution in [2.24, 2.45) is 0 Å². The number of amides is 1. The number of carbonyl (C=O) groups is 1. The van der Waals surface area contributed by atoms with Gasteiger partial charge in [0.1, 0.15) is 11.3 Å². The minimum atomic E-state index is -0.218. The minimum absolute atomic E-state index is 0.196. The molecule has 0 saturated carbocycles. The molecule has 0 radical (unpaired) electrons. The van der Waals surface area contributed by atoms with E-state index in [1.54, 1.807) is 74.9 Å². The third-order valence-electron chi connectivity index (χ3n) is 4.96. The Balaban J connectivity index is 1.59. The van der Waals surface area contributed by atoms with Crippen LogP contribution in [0.1, 0.15) is 5.56 Å². The van der Waals surface area contributed by atoms with Gasteiger partial charge in [0, 0.05) is 22.3 Å². The number of hydrogen-bond donors (Lipinski definition) is 1. The summed E-state index contributed by atoms with van der Waals surface area (Å²) in [6.45, 7) is 0. The van der Waals surface area contributed by atoms with Crippen LogP contribution >= 0.6 is 11.6 Å². The molecule has 3 aromatic carbocycles. The Morgan fingerprint density at radius 2 is 1.69 bits per heavy atom. The van der Waals surface area contributed by atoms with E-state index in [1.165, 1.54) is 6.07 Å². The quantitative estimate of drug-likeness (QED) is 0.431. The number of anilines is 1. The molecule has 0 aliphatic carbocycles. The van der Waals surface area contributed by atoms with E-state index in [0.717, 1.165) is 5.56 Å². The third-order valence-corrected chi connectivity index (χ3v) is 5.21. The van der Waals surface area contributed by atoms with Gasteiger partial charge in [0.2, 0.25) is 5.91 Å². The fourth-order valence-electron chi connectivity index (χ4n) is 3.36. The molecule has 0 saturated heterocycles. The van der Waals surface area contributed by atoms with E-state index in [9.17, 15) is 9.59 Å². The zero-order chi connectivity index (χ0) is 22.7. The molecule has 0 spiro atoms. The molecular weight excluding hydrogens is 430 g/mol. The van der Waals surface area contributed by atoms with Gasteiger partial charge in [-0.1, -0.05) is 23.7 Å². The predicted octanol–water partition coefficient (Wildman–Crippen LogP) is 5.31. The number of halogens is 1. The van der Waals surface area contributed by atoms with Gasteiger partial charge < -0.3 is 19.2 Å². The highest BCUT2D eigenvalue weighted by Crippen LogP contribution is 2.33. The van der Waals surface area contributed by atoms with Crippen LogP contribution < -0.4 is 20.2 Å². The highest BCUT2D eigenvalue weighted by atomic mass is 35.5. The van der Waals surface area contributed by atoms with Gasteiger partial charge in [0.25, 0.3) is 0 Å². The van der Waals surface area contributed by atoms with E-state index < -0.39 is 0 Å². The topological polar surface area (TPSA) is 77.8 Å². The largest absolute Gasteiger partial charge is 0.493 e. The van der Waals surface area contributed by atoms with E-state index >= 15 is 0 Å². The molecule has 0 atom stereocenters. The van der Waals surface area contributed by atoms with Crippen molar-refractivity contribution in [2.45, 2.75) is 6.42 Å². The van der Waals surface area contributed by atoms with Gasteiger partial charge >= 0.3 is 0 Å². The highest BCUT2D eigenvalue weighted by molar-refractivity contribution is 6.30. The van der Waals surface area contributed by atoms with Gasteiger partial charge in [-0.3, -0.25) is 9.59 Å². The van der Waals surface area contributed by atoms with E-state index in [2.05, 4.69) is 5.32 Å². The Bertz CT molecular complexity index is 1350. The SMILES string of the molecule is COc1ccc(-c2cc(=O)c3cc(NC(=O)Cc4ccc(Cl)cc4)ccc3o2)cc1OC. The van der Waals surface area contributed by atoms with Gasteiger partial charge in [0.15, 0.2) is 16.9 Å². The van der Waals surface area contributed by atoms with Crippen molar-refractivity contribution in [2.75, 3.05) is 19.5 Å². The Labute approximate surface area is 189 Å². The molecule has 1 N–H and O–H groups in total. The fraction of sp³-hybridized carbons (Fsp3) is 0.120. The van der Waals surface area contributed by atoms with Gasteiger partial charge in [0.05, 0.1) is 26.0 Å². The Morgan fingerprint density at radius 3 is 2.41 bits per heavy atom. The molecule has 7 heteroatoms. The second-order valence-electron chi connectivity index (χ2n) is 7.11. The number of hydrogen-bond acceptors (Lipinski definition) is 5. The average molecular weight is 450 g/mol. The van der Waals surface area contributed by atoms with Crippen molar-refractivity contribution in [3.8, 4) is 22.8 Å². The summed E-state index contributed by atoms with van der Waals surface area (Å²) < 4.78 is 16.5. The number of rotatable bonds is 6. The molecular formula is C25H20ClNO5. The summed E-state index contributed by atoms with van der Waals surface area (Å²) in [6, 6.07) is 18.7. The average Bonchev–Trinajstić information content (AvgIpc) is 2.80. The number of carbonyl (C=O) groups excluding carboxylic acids is 1. The van der Waals surface area contributed by atoms with Gasteiger partial charge in [-0.05, 0) is 54.1 Å². The van der Waals surface area contributed by atoms with Gasteiger partial charge in [-0.2, -0.15) is 0 Å². The summed E-state index contributed by atoms with van der Waals surface area (Å²) in [6.07, 6.45) is 0.196. The lowest BCUT2D eigenvalue weighted by Gasteiger charge is -2.10. The maximum atomic E-state index is 12.8. The Kier molecular flexibility index (Phi) is 6.14. The molecule has 0 aliphatic heterocycles. The normalized spacial score (nSPS) is 10.7. The lowest BCUT2D eigenvalue weighted by atomic mass is 10.1. The van der Waals surface area contributed by atoms with Crippen molar-refractivity contribution in [1.82, 2.24) is 0 Å². The van der Waals surface area contributed by atoms with E-state index in [-0.39, 0.29) is 17.8 Å². The molecule has 32 heavy (non-hydrogen) atoms. The van der Waals surface area contributed by atoms with Gasteiger partial charge in [-0.15, -0.1) is 0 Å². The molecule has 162 valence electrons. The highest BCUT2D eigenvalue weighted by Gasteiger charge is 2.12. The number of methoxy groups -OCH3 is 2. The second-order valence-corrected chi connectivity index (χ2v) is 7.54. The zero-order valence-corrected chi connectivity index (χ0v) is 18.2. The second kappa shape index (κ2) is 9.16. The predicted molar refractivity (Wildman–Crippen MR) is 125 cm³/mol. The lowest BCUT2D eigenvalue weighted by molar-refractivity contribution is -0.115. The first kappa shape index (κ1) is 21.5. The van der Waals surface area contributed by atoms with E-state index in [0.29, 0.717) is 44.5 Å². The van der Waals surface area contributed by atoms with Crippen molar-refractivity contribution in [3.63, 3.8) is 0 Å². The summed E-state index contributed by atoms with van der Waals surface area (Å²) in [4.78, 5) is 25.1. The first-order valence-electron chi connectivity index (χ1n) is 9.81. The van der Waals surface area contributed by atoms with Crippen LogP contribution in [0.15, 0.2) is 75.9 Å². The Morgan fingerprint density at radius 1 is 0.938 bits per heavy atom. The van der Waals surface area contributed by atoms with E-state index in [4.69, 9.17) is 25.5 Å². The monoisotopic (exact) mass is 449 g/mol. The molecule has 0 bridgehead atoms. The van der Waals surface area contributed by atoms with Crippen molar-refractivity contribution in [1.29, 1.82) is 0 Å². The maximum absolute atomic E-state index is 12.8. The summed E-state index contributed by atoms with van der Waals surface area (Å²) >= 11 is 5.88. The van der Waals surface area contributed by atoms with Crippen LogP contribution in [0.2, 0.25) is 5.02 Å². The lowest BCUT2D eigenvalue weighted by Crippen LogP contribution is -2.14. The molecule has 0 unspecified atom stereocenters. The molecule has 4 rings (SSSR count). The number of ether oxygens (including phenoxy) is 2. The third kappa shape index (κ3) is 4.60. The van der Waals surface area contributed by atoms with Crippen LogP contribution in [-0.4, -0.2) is 20.1 Å². The molecule has 1 amide bonds. The van der Waals surface area contributed by atoms with E-state index in [1.807, 2.05) is 0 Å². The zero-order valence-electron chi connectivity index (χ0n) is 17.5. The summed E-state index contributed by atoms with van der Waals surface area (Å²) in [5.41, 5.74) is 2.24. The molecule has 1 aromatic heterocycles. The minimum Gasteiger partial charge on any atom is -0.493 e. The molecule has 6 nitrogen and oxygen atoms in total. The first-order valence-corrected chi connectivity index (χ1v) is 10.2. The number of benzene rings is 3. The smallest absolute Gasteiger partial charge is 0.228 e. The summed E-state index contributed by atoms with van der Waals surface area (Å²) in [5, 5.41) is 3.80. The first-order chi connectivity index (χ1) is 15.5. The van der Waals surface area contributed by atoms with Crippen molar-refractivity contribution in [3.05, 3.63) is 87.5 Å². The summed E-state index contributed by atoms with van der Waals surface area (Å²) in [7, 11) is 3.10. The summed E-state index contributed by atoms with van der Waals surface area (Å²) in [5.74, 6) is 1.32. The maximum Gasteiger partial charge on any atom is 0.228 e. The van der Waals surface area contributed by atoms with Crippen LogP contribution in [0.4, 0.5) is 5.69 Å².